The molecule has 2 saturated heterocycles. The van der Waals surface area contributed by atoms with E-state index in [-0.39, 0.29) is 30.1 Å². The van der Waals surface area contributed by atoms with E-state index in [1.807, 2.05) is 30.3 Å². The molecule has 2 atom stereocenters. The van der Waals surface area contributed by atoms with Crippen molar-refractivity contribution in [2.75, 3.05) is 26.2 Å². The number of hydrogen-bond donors (Lipinski definition) is 2. The summed E-state index contributed by atoms with van der Waals surface area (Å²) in [4.78, 5) is 26.2. The summed E-state index contributed by atoms with van der Waals surface area (Å²) in [6.45, 7) is 3.90. The fraction of sp³-hybridized carbons (Fsp3) is 0.556. The predicted octanol–water partition coefficient (Wildman–Crippen LogP) is 1.57. The van der Waals surface area contributed by atoms with E-state index in [4.69, 9.17) is 0 Å². The van der Waals surface area contributed by atoms with Gasteiger partial charge in [0.15, 0.2) is 0 Å². The number of amides is 2. The van der Waals surface area contributed by atoms with Gasteiger partial charge in [-0.05, 0) is 37.4 Å². The Labute approximate surface area is 149 Å². The van der Waals surface area contributed by atoms with Gasteiger partial charge in [0.05, 0.1) is 5.92 Å². The number of nitrogens with zero attached hydrogens (tertiary/aromatic N) is 1. The van der Waals surface area contributed by atoms with Crippen LogP contribution in [0.15, 0.2) is 30.3 Å². The lowest BCUT2D eigenvalue weighted by Crippen LogP contribution is -2.40. The molecule has 2 fully saturated rings. The average Bonchev–Trinajstić information content (AvgIpc) is 2.95. The largest absolute Gasteiger partial charge is 0.355 e. The van der Waals surface area contributed by atoms with Crippen molar-refractivity contribution in [3.63, 3.8) is 0 Å². The van der Waals surface area contributed by atoms with Gasteiger partial charge in [-0.3, -0.25) is 9.59 Å². The molecule has 24 heavy (non-hydrogen) atoms. The van der Waals surface area contributed by atoms with E-state index >= 15 is 0 Å². The fourth-order valence-electron chi connectivity index (χ4n) is 3.39. The first-order chi connectivity index (χ1) is 11.2. The quantitative estimate of drug-likeness (QED) is 0.846. The van der Waals surface area contributed by atoms with Gasteiger partial charge in [0, 0.05) is 26.1 Å². The average molecular weight is 352 g/mol. The molecule has 0 radical (unpaired) electrons. The summed E-state index contributed by atoms with van der Waals surface area (Å²) in [5.41, 5.74) is 1.11. The Kier molecular flexibility index (Phi) is 7.06. The third-order valence-corrected chi connectivity index (χ3v) is 4.77. The van der Waals surface area contributed by atoms with E-state index < -0.39 is 0 Å². The molecule has 2 unspecified atom stereocenters. The molecule has 3 rings (SSSR count). The van der Waals surface area contributed by atoms with E-state index in [9.17, 15) is 9.59 Å². The van der Waals surface area contributed by atoms with Crippen LogP contribution < -0.4 is 10.6 Å². The number of benzene rings is 1. The molecule has 0 spiro atoms. The Bertz CT molecular complexity index is 546. The molecule has 5 nitrogen and oxygen atoms in total. The SMILES string of the molecule is Cl.O=C(NCC1CCCNC1)C1CC(=O)N(Cc2ccccc2)C1. The number of nitrogens with one attached hydrogen (secondary N) is 2. The van der Waals surface area contributed by atoms with E-state index in [2.05, 4.69) is 10.6 Å². The first kappa shape index (κ1) is 18.7. The van der Waals surface area contributed by atoms with Crippen LogP contribution in [0.2, 0.25) is 0 Å². The summed E-state index contributed by atoms with van der Waals surface area (Å²) in [5, 5.41) is 6.40. The van der Waals surface area contributed by atoms with Gasteiger partial charge < -0.3 is 15.5 Å². The zero-order valence-corrected chi connectivity index (χ0v) is 14.7. The Balaban J connectivity index is 0.00000208. The summed E-state index contributed by atoms with van der Waals surface area (Å²) < 4.78 is 0. The molecule has 0 bridgehead atoms. The molecule has 2 heterocycles. The minimum atomic E-state index is -0.206. The highest BCUT2D eigenvalue weighted by Crippen LogP contribution is 2.20. The predicted molar refractivity (Wildman–Crippen MR) is 95.8 cm³/mol. The standard InChI is InChI=1S/C18H25N3O2.ClH/c22-17-9-16(13-21(17)12-14-5-2-1-3-6-14)18(23)20-11-15-7-4-8-19-10-15;/h1-3,5-6,15-16,19H,4,7-13H2,(H,20,23);1H. The van der Waals surface area contributed by atoms with Crippen LogP contribution in [0, 0.1) is 11.8 Å². The molecule has 6 heteroatoms. The Morgan fingerprint density at radius 3 is 2.79 bits per heavy atom. The highest BCUT2D eigenvalue weighted by atomic mass is 35.5. The second kappa shape index (κ2) is 9.04. The minimum absolute atomic E-state index is 0. The molecule has 0 aliphatic carbocycles. The van der Waals surface area contributed by atoms with Crippen molar-refractivity contribution in [3.8, 4) is 0 Å². The van der Waals surface area contributed by atoms with Crippen LogP contribution >= 0.6 is 12.4 Å². The Morgan fingerprint density at radius 1 is 1.29 bits per heavy atom. The zero-order chi connectivity index (χ0) is 16.1. The van der Waals surface area contributed by atoms with Crippen molar-refractivity contribution in [1.29, 1.82) is 0 Å². The molecule has 2 amide bonds. The lowest BCUT2D eigenvalue weighted by molar-refractivity contribution is -0.129. The number of rotatable bonds is 5. The third kappa shape index (κ3) is 4.95. The molecule has 1 aromatic carbocycles. The first-order valence-corrected chi connectivity index (χ1v) is 8.52. The van der Waals surface area contributed by atoms with Crippen LogP contribution in [0.4, 0.5) is 0 Å². The van der Waals surface area contributed by atoms with E-state index in [1.165, 1.54) is 6.42 Å². The van der Waals surface area contributed by atoms with Crippen LogP contribution in [0.25, 0.3) is 0 Å². The molecular formula is C18H26ClN3O2. The number of hydrogen-bond acceptors (Lipinski definition) is 3. The number of carbonyl (C=O) groups is 2. The van der Waals surface area contributed by atoms with Crippen molar-refractivity contribution in [3.05, 3.63) is 35.9 Å². The van der Waals surface area contributed by atoms with Crippen molar-refractivity contribution < 1.29 is 9.59 Å². The first-order valence-electron chi connectivity index (χ1n) is 8.52. The molecule has 132 valence electrons. The summed E-state index contributed by atoms with van der Waals surface area (Å²) in [6, 6.07) is 9.93. The maximum atomic E-state index is 12.3. The summed E-state index contributed by atoms with van der Waals surface area (Å²) in [7, 11) is 0. The smallest absolute Gasteiger partial charge is 0.225 e. The second-order valence-electron chi connectivity index (χ2n) is 6.62. The Morgan fingerprint density at radius 2 is 2.08 bits per heavy atom. The molecular weight excluding hydrogens is 326 g/mol. The number of piperidine rings is 1. The van der Waals surface area contributed by atoms with Crippen LogP contribution in [-0.2, 0) is 16.1 Å². The van der Waals surface area contributed by atoms with Crippen molar-refractivity contribution >= 4 is 24.2 Å². The normalized spacial score (nSPS) is 23.7. The van der Waals surface area contributed by atoms with E-state index in [1.54, 1.807) is 4.90 Å². The number of likely N-dealkylation sites (tertiary alicyclic amines) is 1. The van der Waals surface area contributed by atoms with Gasteiger partial charge in [0.25, 0.3) is 0 Å². The highest BCUT2D eigenvalue weighted by Gasteiger charge is 2.34. The molecule has 0 aromatic heterocycles. The second-order valence-corrected chi connectivity index (χ2v) is 6.62. The van der Waals surface area contributed by atoms with Crippen LogP contribution in [0.1, 0.15) is 24.8 Å². The van der Waals surface area contributed by atoms with Gasteiger partial charge in [-0.2, -0.15) is 0 Å². The topological polar surface area (TPSA) is 61.4 Å². The molecule has 0 saturated carbocycles. The van der Waals surface area contributed by atoms with Gasteiger partial charge in [0.2, 0.25) is 11.8 Å². The van der Waals surface area contributed by atoms with E-state index in [0.29, 0.717) is 25.4 Å². The third-order valence-electron chi connectivity index (χ3n) is 4.77. The molecule has 2 N–H and O–H groups in total. The number of carbonyl (C=O) groups excluding carboxylic acids is 2. The summed E-state index contributed by atoms with van der Waals surface area (Å²) >= 11 is 0. The van der Waals surface area contributed by atoms with Gasteiger partial charge in [-0.1, -0.05) is 30.3 Å². The summed E-state index contributed by atoms with van der Waals surface area (Å²) in [5.74, 6) is 0.417. The maximum Gasteiger partial charge on any atom is 0.225 e. The fourth-order valence-corrected chi connectivity index (χ4v) is 3.39. The molecule has 2 aliphatic heterocycles. The van der Waals surface area contributed by atoms with Crippen LogP contribution in [-0.4, -0.2) is 42.9 Å². The zero-order valence-electron chi connectivity index (χ0n) is 13.9. The Hall–Kier alpha value is -1.59. The molecule has 1 aromatic rings. The van der Waals surface area contributed by atoms with Crippen molar-refractivity contribution in [1.82, 2.24) is 15.5 Å². The lowest BCUT2D eigenvalue weighted by atomic mass is 9.99. The van der Waals surface area contributed by atoms with Gasteiger partial charge in [-0.15, -0.1) is 12.4 Å². The van der Waals surface area contributed by atoms with Gasteiger partial charge in [0.1, 0.15) is 0 Å². The highest BCUT2D eigenvalue weighted by molar-refractivity contribution is 5.89. The van der Waals surface area contributed by atoms with E-state index in [0.717, 1.165) is 31.6 Å². The van der Waals surface area contributed by atoms with Crippen LogP contribution in [0.3, 0.4) is 0 Å². The van der Waals surface area contributed by atoms with Gasteiger partial charge in [-0.25, -0.2) is 0 Å². The summed E-state index contributed by atoms with van der Waals surface area (Å²) in [6.07, 6.45) is 2.67. The monoisotopic (exact) mass is 351 g/mol. The van der Waals surface area contributed by atoms with Gasteiger partial charge >= 0.3 is 0 Å². The van der Waals surface area contributed by atoms with Crippen LogP contribution in [0.5, 0.6) is 0 Å². The maximum absolute atomic E-state index is 12.3. The molecule has 2 aliphatic rings. The minimum Gasteiger partial charge on any atom is -0.355 e. The lowest BCUT2D eigenvalue weighted by Gasteiger charge is -2.23. The number of halogens is 1. The van der Waals surface area contributed by atoms with Crippen molar-refractivity contribution in [2.45, 2.75) is 25.8 Å². The van der Waals surface area contributed by atoms with Crippen molar-refractivity contribution in [2.24, 2.45) is 11.8 Å².